The second kappa shape index (κ2) is 9.96. The Bertz CT molecular complexity index is 1330. The molecule has 10 heteroatoms. The number of piperazine rings is 1. The third-order valence-electron chi connectivity index (χ3n) is 7.10. The number of benzene rings is 1. The summed E-state index contributed by atoms with van der Waals surface area (Å²) in [5, 5.41) is 3.40. The van der Waals surface area contributed by atoms with Crippen molar-refractivity contribution in [3.63, 3.8) is 0 Å². The summed E-state index contributed by atoms with van der Waals surface area (Å²) in [5.41, 5.74) is 6.73. The van der Waals surface area contributed by atoms with E-state index in [0.29, 0.717) is 5.95 Å². The number of nitrogens with zero attached hydrogens (tertiary/aromatic N) is 8. The summed E-state index contributed by atoms with van der Waals surface area (Å²) in [4.78, 5) is 30.5. The van der Waals surface area contributed by atoms with Crippen molar-refractivity contribution < 1.29 is 0 Å². The van der Waals surface area contributed by atoms with Crippen molar-refractivity contribution in [2.24, 2.45) is 0 Å². The number of aromatic nitrogens is 5. The van der Waals surface area contributed by atoms with Gasteiger partial charge in [-0.3, -0.25) is 4.98 Å². The van der Waals surface area contributed by atoms with Crippen LogP contribution >= 0.6 is 0 Å². The van der Waals surface area contributed by atoms with Gasteiger partial charge in [-0.05, 0) is 36.4 Å². The highest BCUT2D eigenvalue weighted by atomic mass is 15.3. The summed E-state index contributed by atoms with van der Waals surface area (Å²) in [6.07, 6.45) is 8.28. The molecule has 2 aliphatic rings. The molecule has 190 valence electrons. The number of rotatable bonds is 6. The number of pyridine rings is 1. The SMILES string of the molecule is CN(C)c1cnc(Nc2ccc(N3CCN(c4ccncc4)CC3)cc2)nc1N1CCc2nc[nH]c2C1. The first-order valence-corrected chi connectivity index (χ1v) is 12.7. The predicted molar refractivity (Wildman–Crippen MR) is 148 cm³/mol. The van der Waals surface area contributed by atoms with Gasteiger partial charge in [-0.25, -0.2) is 9.97 Å². The van der Waals surface area contributed by atoms with E-state index in [0.717, 1.165) is 74.3 Å². The fourth-order valence-corrected chi connectivity index (χ4v) is 5.03. The third-order valence-corrected chi connectivity index (χ3v) is 7.10. The van der Waals surface area contributed by atoms with E-state index < -0.39 is 0 Å². The number of fused-ring (bicyclic) bond motifs is 1. The van der Waals surface area contributed by atoms with Crippen LogP contribution in [-0.2, 0) is 13.0 Å². The van der Waals surface area contributed by atoms with Crippen LogP contribution in [0.4, 0.5) is 34.5 Å². The zero-order valence-electron chi connectivity index (χ0n) is 21.3. The maximum Gasteiger partial charge on any atom is 0.229 e. The first-order valence-electron chi connectivity index (χ1n) is 12.7. The van der Waals surface area contributed by atoms with Crippen molar-refractivity contribution in [1.29, 1.82) is 0 Å². The molecule has 0 radical (unpaired) electrons. The lowest BCUT2D eigenvalue weighted by Gasteiger charge is -2.37. The second-order valence-electron chi connectivity index (χ2n) is 9.65. The summed E-state index contributed by atoms with van der Waals surface area (Å²) >= 11 is 0. The first kappa shape index (κ1) is 23.1. The highest BCUT2D eigenvalue weighted by molar-refractivity contribution is 5.69. The van der Waals surface area contributed by atoms with Crippen molar-refractivity contribution in [1.82, 2.24) is 24.9 Å². The minimum atomic E-state index is 0.592. The van der Waals surface area contributed by atoms with E-state index in [4.69, 9.17) is 4.98 Å². The van der Waals surface area contributed by atoms with Gasteiger partial charge in [0.25, 0.3) is 0 Å². The maximum absolute atomic E-state index is 4.93. The summed E-state index contributed by atoms with van der Waals surface area (Å²) in [6.45, 7) is 5.60. The highest BCUT2D eigenvalue weighted by Gasteiger charge is 2.23. The van der Waals surface area contributed by atoms with Crippen molar-refractivity contribution in [2.75, 3.05) is 71.7 Å². The number of aromatic amines is 1. The first-order chi connectivity index (χ1) is 18.1. The van der Waals surface area contributed by atoms with E-state index in [-0.39, 0.29) is 0 Å². The Kier molecular flexibility index (Phi) is 6.21. The zero-order chi connectivity index (χ0) is 25.2. The molecule has 1 saturated heterocycles. The quantitative estimate of drug-likeness (QED) is 0.417. The molecule has 4 aromatic rings. The Balaban J connectivity index is 1.13. The smallest absolute Gasteiger partial charge is 0.229 e. The van der Waals surface area contributed by atoms with Crippen LogP contribution in [0.25, 0.3) is 0 Å². The Morgan fingerprint density at radius 3 is 2.24 bits per heavy atom. The second-order valence-corrected chi connectivity index (χ2v) is 9.65. The van der Waals surface area contributed by atoms with Crippen LogP contribution in [0.1, 0.15) is 11.4 Å². The molecule has 0 atom stereocenters. The number of nitrogens with one attached hydrogen (secondary N) is 2. The molecule has 0 bridgehead atoms. The third kappa shape index (κ3) is 4.87. The zero-order valence-corrected chi connectivity index (χ0v) is 21.3. The normalized spacial score (nSPS) is 15.5. The van der Waals surface area contributed by atoms with Crippen molar-refractivity contribution in [3.05, 3.63) is 72.7 Å². The Labute approximate surface area is 217 Å². The van der Waals surface area contributed by atoms with Crippen LogP contribution in [0.5, 0.6) is 0 Å². The van der Waals surface area contributed by atoms with E-state index in [2.05, 4.69) is 81.3 Å². The molecule has 3 aromatic heterocycles. The Hall–Kier alpha value is -4.34. The lowest BCUT2D eigenvalue weighted by Crippen LogP contribution is -2.46. The standard InChI is InChI=1S/C27H32N10/c1-34(2)25-17-29-27(33-26(25)37-12-9-23-24(18-37)31-19-30-23)32-20-3-5-21(6-4-20)35-13-15-36(16-14-35)22-7-10-28-11-8-22/h3-8,10-11,17,19H,9,12-16,18H2,1-2H3,(H,30,31)(H,29,32,33). The Morgan fingerprint density at radius 2 is 1.54 bits per heavy atom. The van der Waals surface area contributed by atoms with Gasteiger partial charge in [-0.15, -0.1) is 0 Å². The molecule has 5 heterocycles. The fourth-order valence-electron chi connectivity index (χ4n) is 5.03. The molecule has 0 amide bonds. The minimum absolute atomic E-state index is 0.592. The van der Waals surface area contributed by atoms with Gasteiger partial charge in [0.2, 0.25) is 5.95 Å². The van der Waals surface area contributed by atoms with Gasteiger partial charge in [0.05, 0.1) is 36.1 Å². The summed E-state index contributed by atoms with van der Waals surface area (Å²) in [7, 11) is 4.05. The molecular formula is C27H32N10. The molecule has 2 aliphatic heterocycles. The van der Waals surface area contributed by atoms with Crippen LogP contribution in [0.3, 0.4) is 0 Å². The van der Waals surface area contributed by atoms with Gasteiger partial charge in [-0.1, -0.05) is 0 Å². The molecule has 0 unspecified atom stereocenters. The Morgan fingerprint density at radius 1 is 0.838 bits per heavy atom. The molecular weight excluding hydrogens is 464 g/mol. The molecule has 1 aromatic carbocycles. The van der Waals surface area contributed by atoms with E-state index in [1.54, 1.807) is 6.33 Å². The summed E-state index contributed by atoms with van der Waals surface area (Å²) in [5.74, 6) is 1.51. The fraction of sp³-hybridized carbons (Fsp3) is 0.333. The van der Waals surface area contributed by atoms with Crippen LogP contribution in [0, 0.1) is 0 Å². The molecule has 0 saturated carbocycles. The molecule has 0 spiro atoms. The van der Waals surface area contributed by atoms with Gasteiger partial charge < -0.3 is 29.9 Å². The lowest BCUT2D eigenvalue weighted by atomic mass is 10.1. The van der Waals surface area contributed by atoms with Crippen molar-refractivity contribution >= 4 is 34.5 Å². The van der Waals surface area contributed by atoms with Crippen molar-refractivity contribution in [3.8, 4) is 0 Å². The van der Waals surface area contributed by atoms with Crippen LogP contribution in [-0.4, -0.2) is 71.7 Å². The molecule has 37 heavy (non-hydrogen) atoms. The average molecular weight is 497 g/mol. The topological polar surface area (TPSA) is 92.3 Å². The number of anilines is 6. The molecule has 10 nitrogen and oxygen atoms in total. The van der Waals surface area contributed by atoms with Crippen LogP contribution in [0.15, 0.2) is 61.3 Å². The molecule has 0 aliphatic carbocycles. The number of imidazole rings is 1. The van der Waals surface area contributed by atoms with E-state index in [1.165, 1.54) is 11.4 Å². The molecule has 1 fully saturated rings. The highest BCUT2D eigenvalue weighted by Crippen LogP contribution is 2.31. The van der Waals surface area contributed by atoms with Crippen LogP contribution < -0.4 is 24.9 Å². The van der Waals surface area contributed by atoms with E-state index in [1.807, 2.05) is 32.7 Å². The summed E-state index contributed by atoms with van der Waals surface area (Å²) < 4.78 is 0. The largest absolute Gasteiger partial charge is 0.373 e. The van der Waals surface area contributed by atoms with Gasteiger partial charge in [0, 0.05) is 82.7 Å². The van der Waals surface area contributed by atoms with Gasteiger partial charge in [-0.2, -0.15) is 4.98 Å². The monoisotopic (exact) mass is 496 g/mol. The predicted octanol–water partition coefficient (Wildman–Crippen LogP) is 3.29. The van der Waals surface area contributed by atoms with E-state index in [9.17, 15) is 0 Å². The number of hydrogen-bond donors (Lipinski definition) is 2. The number of H-pyrrole nitrogens is 1. The number of hydrogen-bond acceptors (Lipinski definition) is 9. The van der Waals surface area contributed by atoms with Crippen LogP contribution in [0.2, 0.25) is 0 Å². The molecule has 2 N–H and O–H groups in total. The van der Waals surface area contributed by atoms with Crippen molar-refractivity contribution in [2.45, 2.75) is 13.0 Å². The summed E-state index contributed by atoms with van der Waals surface area (Å²) in [6, 6.07) is 12.7. The average Bonchev–Trinajstić information content (AvgIpc) is 3.42. The minimum Gasteiger partial charge on any atom is -0.373 e. The van der Waals surface area contributed by atoms with E-state index >= 15 is 0 Å². The van der Waals surface area contributed by atoms with Gasteiger partial charge in [0.1, 0.15) is 0 Å². The lowest BCUT2D eigenvalue weighted by molar-refractivity contribution is 0.653. The maximum atomic E-state index is 4.93. The van der Waals surface area contributed by atoms with Gasteiger partial charge >= 0.3 is 0 Å². The van der Waals surface area contributed by atoms with Gasteiger partial charge in [0.15, 0.2) is 5.82 Å². The molecule has 6 rings (SSSR count).